The third kappa shape index (κ3) is 32.5. The van der Waals surface area contributed by atoms with Gasteiger partial charge >= 0.3 is 13.8 Å². The van der Waals surface area contributed by atoms with E-state index in [0.717, 1.165) is 103 Å². The molecule has 12 nitrogen and oxygen atoms in total. The maximum absolute atomic E-state index is 12.8. The largest absolute Gasteiger partial charge is 0.472 e. The van der Waals surface area contributed by atoms with Crippen molar-refractivity contribution in [1.29, 1.82) is 0 Å². The molecule has 1 aliphatic rings. The first-order valence-corrected chi connectivity index (χ1v) is 26.3. The number of hydrogen-bond donors (Lipinski definition) is 6. The Morgan fingerprint density at radius 3 is 1.41 bits per heavy atom. The average Bonchev–Trinajstić information content (AvgIpc) is 3.28. The van der Waals surface area contributed by atoms with E-state index in [1.807, 2.05) is 0 Å². The minimum Gasteiger partial charge on any atom is -0.457 e. The number of allylic oxidation sites excluding steroid dienone is 12. The summed E-state index contributed by atoms with van der Waals surface area (Å²) < 4.78 is 34.2. The van der Waals surface area contributed by atoms with Crippen LogP contribution in [0.3, 0.4) is 0 Å². The van der Waals surface area contributed by atoms with Crippen LogP contribution < -0.4 is 0 Å². The average molecular weight is 925 g/mol. The van der Waals surface area contributed by atoms with Crippen LogP contribution in [0.25, 0.3) is 0 Å². The van der Waals surface area contributed by atoms with Crippen molar-refractivity contribution in [2.24, 2.45) is 0 Å². The zero-order valence-electron chi connectivity index (χ0n) is 39.6. The fraction of sp³-hybridized carbons (Fsp3) is 0.745. The first-order valence-electron chi connectivity index (χ1n) is 24.8. The zero-order chi connectivity index (χ0) is 46.9. The van der Waals surface area contributed by atoms with E-state index in [-0.39, 0.29) is 13.0 Å². The SMILES string of the molecule is CC/C=C\C/C=C\C/C=C\CCCCCCCCCC(=O)OC(COCCCCCCCCC/C=C\C/C=C\C/C=C\CCCCC)COP(=O)(O)OC1C(O)C(O)C(O)C(O)C1O. The lowest BCUT2D eigenvalue weighted by atomic mass is 9.85. The van der Waals surface area contributed by atoms with Gasteiger partial charge in [0, 0.05) is 13.0 Å². The van der Waals surface area contributed by atoms with Crippen LogP contribution in [-0.2, 0) is 27.9 Å². The normalized spacial score (nSPS) is 22.3. The van der Waals surface area contributed by atoms with Gasteiger partial charge in [-0.05, 0) is 83.5 Å². The van der Waals surface area contributed by atoms with Gasteiger partial charge in [-0.1, -0.05) is 164 Å². The van der Waals surface area contributed by atoms with E-state index < -0.39 is 63.1 Å². The second-order valence-electron chi connectivity index (χ2n) is 16.9. The number of esters is 1. The van der Waals surface area contributed by atoms with Gasteiger partial charge in [-0.2, -0.15) is 0 Å². The lowest BCUT2D eigenvalue weighted by Crippen LogP contribution is -2.64. The fourth-order valence-electron chi connectivity index (χ4n) is 7.14. The minimum atomic E-state index is -5.03. The van der Waals surface area contributed by atoms with Crippen molar-refractivity contribution < 1.29 is 58.3 Å². The Morgan fingerprint density at radius 1 is 0.516 bits per heavy atom. The Bertz CT molecular complexity index is 1330. The van der Waals surface area contributed by atoms with Gasteiger partial charge < -0.3 is 39.9 Å². The number of carbonyl (C=O) groups is 1. The molecule has 1 fully saturated rings. The molecule has 13 heteroatoms. The highest BCUT2D eigenvalue weighted by atomic mass is 31.2. The highest BCUT2D eigenvalue weighted by Crippen LogP contribution is 2.47. The molecular weight excluding hydrogens is 836 g/mol. The standard InChI is InChI=1S/C51H89O12P/c1-3-5-7-9-11-13-15-17-19-21-22-23-25-27-29-31-33-35-37-39-41-60-42-44(43-61-64(58,59)63-51-49(56)47(54)46(53)48(55)50(51)57)62-45(52)40-38-36-34-32-30-28-26-24-20-18-16-14-12-10-8-6-4-2/h6,8,11-14,17-20,22-23,44,46-51,53-57H,3-5,7,9-10,15-16,21,24-43H2,1-2H3,(H,58,59)/b8-6-,13-11-,14-12-,19-17-,20-18-,23-22-. The van der Waals surface area contributed by atoms with E-state index in [0.29, 0.717) is 13.0 Å². The molecule has 6 unspecified atom stereocenters. The number of ether oxygens (including phenoxy) is 2. The molecule has 0 aromatic carbocycles. The molecule has 0 aliphatic heterocycles. The molecule has 0 aromatic heterocycles. The predicted octanol–water partition coefficient (Wildman–Crippen LogP) is 10.8. The second kappa shape index (κ2) is 41.0. The number of carbonyl (C=O) groups excluding carboxylic acids is 1. The summed E-state index contributed by atoms with van der Waals surface area (Å²) in [5.41, 5.74) is 0. The molecule has 1 aliphatic carbocycles. The van der Waals surface area contributed by atoms with Crippen LogP contribution in [0.15, 0.2) is 72.9 Å². The number of unbranched alkanes of at least 4 members (excludes halogenated alkanes) is 17. The van der Waals surface area contributed by atoms with Crippen LogP contribution in [-0.4, -0.2) is 98.9 Å². The molecule has 0 aromatic rings. The van der Waals surface area contributed by atoms with Gasteiger partial charge in [0.15, 0.2) is 0 Å². The van der Waals surface area contributed by atoms with Gasteiger partial charge in [-0.25, -0.2) is 4.57 Å². The van der Waals surface area contributed by atoms with Crippen LogP contribution in [0.2, 0.25) is 0 Å². The van der Waals surface area contributed by atoms with Crippen molar-refractivity contribution >= 4 is 13.8 Å². The molecule has 370 valence electrons. The summed E-state index contributed by atoms with van der Waals surface area (Å²) in [6, 6.07) is 0. The molecule has 0 amide bonds. The lowest BCUT2D eigenvalue weighted by molar-refractivity contribution is -0.220. The van der Waals surface area contributed by atoms with Crippen LogP contribution in [0.1, 0.15) is 181 Å². The van der Waals surface area contributed by atoms with Crippen molar-refractivity contribution in [1.82, 2.24) is 0 Å². The molecular formula is C51H89O12P. The van der Waals surface area contributed by atoms with Gasteiger partial charge in [0.25, 0.3) is 0 Å². The molecule has 0 spiro atoms. The molecule has 0 bridgehead atoms. The summed E-state index contributed by atoms with van der Waals surface area (Å²) >= 11 is 0. The molecule has 0 radical (unpaired) electrons. The van der Waals surface area contributed by atoms with E-state index in [9.17, 15) is 39.8 Å². The summed E-state index contributed by atoms with van der Waals surface area (Å²) in [7, 11) is -5.03. The Morgan fingerprint density at radius 2 is 0.922 bits per heavy atom. The maximum atomic E-state index is 12.8. The molecule has 0 saturated heterocycles. The molecule has 6 atom stereocenters. The predicted molar refractivity (Wildman–Crippen MR) is 258 cm³/mol. The number of aliphatic hydroxyl groups is 5. The van der Waals surface area contributed by atoms with Gasteiger partial charge in [0.1, 0.15) is 42.7 Å². The van der Waals surface area contributed by atoms with Crippen molar-refractivity contribution in [2.45, 2.75) is 224 Å². The van der Waals surface area contributed by atoms with Crippen molar-refractivity contribution in [2.75, 3.05) is 19.8 Å². The summed E-state index contributed by atoms with van der Waals surface area (Å²) in [5.74, 6) is -0.493. The van der Waals surface area contributed by atoms with Gasteiger partial charge in [0.05, 0.1) is 13.2 Å². The molecule has 64 heavy (non-hydrogen) atoms. The third-order valence-corrected chi connectivity index (χ3v) is 12.0. The summed E-state index contributed by atoms with van der Waals surface area (Å²) in [5, 5.41) is 50.3. The third-order valence-electron chi connectivity index (χ3n) is 11.1. The number of phosphoric acid groups is 1. The quantitative estimate of drug-likeness (QED) is 0.0147. The van der Waals surface area contributed by atoms with Crippen molar-refractivity contribution in [3.63, 3.8) is 0 Å². The monoisotopic (exact) mass is 925 g/mol. The Kier molecular flexibility index (Phi) is 38.3. The van der Waals surface area contributed by atoms with E-state index in [2.05, 4.69) is 86.8 Å². The number of hydrogen-bond acceptors (Lipinski definition) is 11. The first kappa shape index (κ1) is 59.8. The zero-order valence-corrected chi connectivity index (χ0v) is 40.5. The summed E-state index contributed by atoms with van der Waals surface area (Å²) in [4.78, 5) is 23.2. The Hall–Kier alpha value is -2.22. The number of rotatable bonds is 41. The van der Waals surface area contributed by atoms with E-state index in [4.69, 9.17) is 18.5 Å². The van der Waals surface area contributed by atoms with Crippen LogP contribution in [0.5, 0.6) is 0 Å². The van der Waals surface area contributed by atoms with Crippen molar-refractivity contribution in [3.05, 3.63) is 72.9 Å². The van der Waals surface area contributed by atoms with Crippen LogP contribution in [0.4, 0.5) is 0 Å². The topological polar surface area (TPSA) is 192 Å². The first-order chi connectivity index (χ1) is 31.0. The Labute approximate surface area is 387 Å². The van der Waals surface area contributed by atoms with Gasteiger partial charge in [-0.3, -0.25) is 13.8 Å². The smallest absolute Gasteiger partial charge is 0.457 e. The highest BCUT2D eigenvalue weighted by molar-refractivity contribution is 7.47. The number of aliphatic hydroxyl groups excluding tert-OH is 5. The van der Waals surface area contributed by atoms with Gasteiger partial charge in [0.2, 0.25) is 0 Å². The minimum absolute atomic E-state index is 0.0912. The van der Waals surface area contributed by atoms with Gasteiger partial charge in [-0.15, -0.1) is 0 Å². The highest BCUT2D eigenvalue weighted by Gasteiger charge is 2.51. The molecule has 1 rings (SSSR count). The maximum Gasteiger partial charge on any atom is 0.472 e. The molecule has 0 heterocycles. The number of phosphoric ester groups is 1. The fourth-order valence-corrected chi connectivity index (χ4v) is 8.11. The van der Waals surface area contributed by atoms with E-state index in [1.54, 1.807) is 0 Å². The second-order valence-corrected chi connectivity index (χ2v) is 18.3. The van der Waals surface area contributed by atoms with Crippen molar-refractivity contribution in [3.8, 4) is 0 Å². The summed E-state index contributed by atoms with van der Waals surface area (Å²) in [6.45, 7) is 4.09. The van der Waals surface area contributed by atoms with Crippen LogP contribution in [0, 0.1) is 0 Å². The molecule has 6 N–H and O–H groups in total. The summed E-state index contributed by atoms with van der Waals surface area (Å²) in [6.07, 6.45) is 41.0. The van der Waals surface area contributed by atoms with Crippen LogP contribution >= 0.6 is 7.82 Å². The van der Waals surface area contributed by atoms with E-state index >= 15 is 0 Å². The lowest BCUT2D eigenvalue weighted by Gasteiger charge is -2.41. The van der Waals surface area contributed by atoms with E-state index in [1.165, 1.54) is 51.4 Å². The Balaban J connectivity index is 2.38. The molecule has 1 saturated carbocycles.